The quantitative estimate of drug-likeness (QED) is 0.858. The number of aryl methyl sites for hydroxylation is 1. The number of amides is 1. The Bertz CT molecular complexity index is 446. The number of rotatable bonds is 6. The molecule has 1 aromatic rings. The lowest BCUT2D eigenvalue weighted by Crippen LogP contribution is -2.41. The van der Waals surface area contributed by atoms with Crippen LogP contribution in [0.1, 0.15) is 31.7 Å². The third-order valence-electron chi connectivity index (χ3n) is 3.94. The van der Waals surface area contributed by atoms with Crippen LogP contribution in [-0.2, 0) is 11.2 Å². The van der Waals surface area contributed by atoms with Gasteiger partial charge in [-0.1, -0.05) is 25.5 Å². The fourth-order valence-electron chi connectivity index (χ4n) is 2.51. The Morgan fingerprint density at radius 3 is 2.68 bits per heavy atom. The number of carbonyl (C=O) groups is 1. The van der Waals surface area contributed by atoms with Crippen LogP contribution in [0.15, 0.2) is 24.3 Å². The number of thioether (sulfide) groups is 1. The molecule has 3 nitrogen and oxygen atoms in total. The van der Waals surface area contributed by atoms with E-state index in [0.717, 1.165) is 30.2 Å². The van der Waals surface area contributed by atoms with Crippen LogP contribution in [-0.4, -0.2) is 37.0 Å². The average Bonchev–Trinajstić information content (AvgIpc) is 2.53. The van der Waals surface area contributed by atoms with Crippen molar-refractivity contribution >= 4 is 35.8 Å². The molecule has 1 atom stereocenters. The smallest absolute Gasteiger partial charge is 0.228 e. The van der Waals surface area contributed by atoms with Crippen molar-refractivity contribution in [3.63, 3.8) is 0 Å². The Morgan fingerprint density at radius 2 is 2.09 bits per heavy atom. The van der Waals surface area contributed by atoms with Crippen molar-refractivity contribution in [1.82, 2.24) is 5.32 Å². The second kappa shape index (κ2) is 10.1. The van der Waals surface area contributed by atoms with Gasteiger partial charge in [0.15, 0.2) is 0 Å². The van der Waals surface area contributed by atoms with E-state index in [1.165, 1.54) is 18.4 Å². The van der Waals surface area contributed by atoms with Crippen molar-refractivity contribution in [3.8, 4) is 0 Å². The van der Waals surface area contributed by atoms with Crippen molar-refractivity contribution in [2.75, 3.05) is 30.0 Å². The van der Waals surface area contributed by atoms with E-state index in [0.29, 0.717) is 12.5 Å². The molecule has 0 aromatic heterocycles. The van der Waals surface area contributed by atoms with Crippen molar-refractivity contribution in [2.24, 2.45) is 0 Å². The first-order chi connectivity index (χ1) is 10.2. The molecular formula is C17H27ClN2OS. The molecule has 0 radical (unpaired) electrons. The summed E-state index contributed by atoms with van der Waals surface area (Å²) in [6.07, 6.45) is 4.14. The molecule has 124 valence electrons. The summed E-state index contributed by atoms with van der Waals surface area (Å²) in [5.74, 6) is 2.38. The Hall–Kier alpha value is -0.710. The minimum absolute atomic E-state index is 0. The molecule has 2 rings (SSSR count). The first-order valence-corrected chi connectivity index (χ1v) is 9.02. The molecule has 22 heavy (non-hydrogen) atoms. The normalized spacial score (nSPS) is 17.6. The number of hydrogen-bond donors (Lipinski definition) is 1. The van der Waals surface area contributed by atoms with Crippen molar-refractivity contribution in [3.05, 3.63) is 29.8 Å². The van der Waals surface area contributed by atoms with Gasteiger partial charge in [-0.2, -0.15) is 11.8 Å². The van der Waals surface area contributed by atoms with Gasteiger partial charge >= 0.3 is 0 Å². The summed E-state index contributed by atoms with van der Waals surface area (Å²) in [4.78, 5) is 14.1. The molecule has 1 saturated heterocycles. The van der Waals surface area contributed by atoms with E-state index in [9.17, 15) is 4.79 Å². The number of nitrogens with one attached hydrogen (secondary N) is 1. The molecule has 0 spiro atoms. The summed E-state index contributed by atoms with van der Waals surface area (Å²) >= 11 is 1.93. The Balaban J connectivity index is 0.00000242. The van der Waals surface area contributed by atoms with E-state index in [2.05, 4.69) is 36.5 Å². The maximum atomic E-state index is 12.3. The lowest BCUT2D eigenvalue weighted by Gasteiger charge is -2.25. The molecule has 5 heteroatoms. The Morgan fingerprint density at radius 1 is 1.36 bits per heavy atom. The van der Waals surface area contributed by atoms with E-state index < -0.39 is 0 Å². The maximum absolute atomic E-state index is 12.3. The predicted octanol–water partition coefficient (Wildman–Crippen LogP) is 3.51. The number of hydrogen-bond acceptors (Lipinski definition) is 3. The number of carbonyl (C=O) groups excluding carboxylic acids is 1. The first kappa shape index (κ1) is 19.3. The van der Waals surface area contributed by atoms with Gasteiger partial charge in [0.05, 0.1) is 0 Å². The summed E-state index contributed by atoms with van der Waals surface area (Å²) in [6.45, 7) is 3.22. The fourth-order valence-corrected chi connectivity index (χ4v) is 3.46. The van der Waals surface area contributed by atoms with Crippen molar-refractivity contribution < 1.29 is 4.79 Å². The minimum atomic E-state index is 0. The minimum Gasteiger partial charge on any atom is -0.315 e. The van der Waals surface area contributed by atoms with Gasteiger partial charge in [-0.25, -0.2) is 0 Å². The van der Waals surface area contributed by atoms with Crippen LogP contribution in [0.3, 0.4) is 0 Å². The molecule has 1 amide bonds. The van der Waals surface area contributed by atoms with Gasteiger partial charge in [-0.3, -0.25) is 4.79 Å². The third kappa shape index (κ3) is 5.82. The zero-order chi connectivity index (χ0) is 15.1. The molecule has 1 N–H and O–H groups in total. The number of unbranched alkanes of at least 4 members (excludes halogenated alkanes) is 1. The fraction of sp³-hybridized carbons (Fsp3) is 0.588. The highest BCUT2D eigenvalue weighted by Crippen LogP contribution is 2.18. The van der Waals surface area contributed by atoms with E-state index in [1.54, 1.807) is 4.90 Å². The summed E-state index contributed by atoms with van der Waals surface area (Å²) < 4.78 is 0. The van der Waals surface area contributed by atoms with Crippen LogP contribution >= 0.6 is 24.2 Å². The zero-order valence-electron chi connectivity index (χ0n) is 13.5. The molecule has 1 heterocycles. The van der Waals surface area contributed by atoms with Crippen molar-refractivity contribution in [2.45, 2.75) is 38.6 Å². The first-order valence-electron chi connectivity index (χ1n) is 7.87. The number of anilines is 1. The molecule has 1 aromatic carbocycles. The lowest BCUT2D eigenvalue weighted by atomic mass is 10.1. The second-order valence-electron chi connectivity index (χ2n) is 5.65. The van der Waals surface area contributed by atoms with Crippen LogP contribution in [0, 0.1) is 0 Å². The van der Waals surface area contributed by atoms with Gasteiger partial charge in [0.1, 0.15) is 0 Å². The summed E-state index contributed by atoms with van der Waals surface area (Å²) in [5, 5.41) is 3.42. The van der Waals surface area contributed by atoms with Gasteiger partial charge in [0.25, 0.3) is 0 Å². The Kier molecular flexibility index (Phi) is 8.91. The standard InChI is InChI=1S/C17H26N2OS.ClH/c1-3-4-5-14-6-8-16(9-7-14)19(2)17(20)12-15-13-21-11-10-18-15;/h6-9,15,18H,3-5,10-13H2,1-2H3;1H. The zero-order valence-corrected chi connectivity index (χ0v) is 15.1. The van der Waals surface area contributed by atoms with Crippen LogP contribution < -0.4 is 10.2 Å². The number of nitrogens with zero attached hydrogens (tertiary/aromatic N) is 1. The molecule has 0 saturated carbocycles. The molecule has 1 aliphatic rings. The number of halogens is 1. The molecule has 1 aliphatic heterocycles. The van der Waals surface area contributed by atoms with Crippen molar-refractivity contribution in [1.29, 1.82) is 0 Å². The SMILES string of the molecule is CCCCc1ccc(N(C)C(=O)CC2CSCCN2)cc1.Cl. The monoisotopic (exact) mass is 342 g/mol. The van der Waals surface area contributed by atoms with Gasteiger partial charge < -0.3 is 10.2 Å². The topological polar surface area (TPSA) is 32.3 Å². The Labute approximate surface area is 144 Å². The maximum Gasteiger partial charge on any atom is 0.228 e. The van der Waals surface area contributed by atoms with E-state index in [-0.39, 0.29) is 18.3 Å². The lowest BCUT2D eigenvalue weighted by molar-refractivity contribution is -0.118. The van der Waals surface area contributed by atoms with Gasteiger partial charge in [0, 0.05) is 43.2 Å². The van der Waals surface area contributed by atoms with Crippen LogP contribution in [0.25, 0.3) is 0 Å². The molecule has 1 fully saturated rings. The molecule has 1 unspecified atom stereocenters. The average molecular weight is 343 g/mol. The molecule has 0 aliphatic carbocycles. The summed E-state index contributed by atoms with van der Waals surface area (Å²) in [5.41, 5.74) is 2.34. The highest BCUT2D eigenvalue weighted by molar-refractivity contribution is 7.99. The molecule has 0 bridgehead atoms. The summed E-state index contributed by atoms with van der Waals surface area (Å²) in [6, 6.07) is 8.73. The number of benzene rings is 1. The van der Waals surface area contributed by atoms with Crippen LogP contribution in [0.4, 0.5) is 5.69 Å². The largest absolute Gasteiger partial charge is 0.315 e. The highest BCUT2D eigenvalue weighted by Gasteiger charge is 2.19. The predicted molar refractivity (Wildman–Crippen MR) is 99.4 cm³/mol. The van der Waals surface area contributed by atoms with E-state index in [1.807, 2.05) is 18.8 Å². The highest BCUT2D eigenvalue weighted by atomic mass is 35.5. The summed E-state index contributed by atoms with van der Waals surface area (Å²) in [7, 11) is 1.87. The van der Waals surface area contributed by atoms with Crippen LogP contribution in [0.2, 0.25) is 0 Å². The van der Waals surface area contributed by atoms with E-state index >= 15 is 0 Å². The molecular weight excluding hydrogens is 316 g/mol. The second-order valence-corrected chi connectivity index (χ2v) is 6.80. The van der Waals surface area contributed by atoms with E-state index in [4.69, 9.17) is 0 Å². The van der Waals surface area contributed by atoms with Gasteiger partial charge in [-0.15, -0.1) is 12.4 Å². The van der Waals surface area contributed by atoms with Gasteiger partial charge in [-0.05, 0) is 30.5 Å². The van der Waals surface area contributed by atoms with Crippen LogP contribution in [0.5, 0.6) is 0 Å². The van der Waals surface area contributed by atoms with Gasteiger partial charge in [0.2, 0.25) is 5.91 Å². The third-order valence-corrected chi connectivity index (χ3v) is 5.07.